The van der Waals surface area contributed by atoms with E-state index in [4.69, 9.17) is 9.47 Å². The monoisotopic (exact) mass is 431 g/mol. The van der Waals surface area contributed by atoms with Crippen molar-refractivity contribution in [1.29, 1.82) is 0 Å². The molecule has 2 aromatic carbocycles. The Kier molecular flexibility index (Phi) is 6.75. The van der Waals surface area contributed by atoms with Crippen LogP contribution in [0.5, 0.6) is 11.5 Å². The highest BCUT2D eigenvalue weighted by molar-refractivity contribution is 7.13. The number of hydrogen-bond donors (Lipinski definition) is 3. The topological polar surface area (TPSA) is 114 Å². The fourth-order valence-corrected chi connectivity index (χ4v) is 3.04. The van der Waals surface area contributed by atoms with E-state index in [1.807, 2.05) is 0 Å². The standard InChI is InChI=1S/C19H18FN5O4S/c1-28-13-7-8-15(29-2)14(9-13)23-19(27)21-10-16-24-25-18(30-16)17(26)22-12-5-3-11(20)4-6-12/h3-9H,10H2,1-2H3,(H,22,26)(H2,21,23,27). The number of methoxy groups -OCH3 is 2. The van der Waals surface area contributed by atoms with Crippen molar-refractivity contribution < 1.29 is 23.5 Å². The summed E-state index contributed by atoms with van der Waals surface area (Å²) >= 11 is 1.03. The number of ether oxygens (including phenoxy) is 2. The molecule has 0 spiro atoms. The maximum atomic E-state index is 12.9. The zero-order chi connectivity index (χ0) is 21.5. The molecule has 11 heteroatoms. The van der Waals surface area contributed by atoms with Crippen LogP contribution in [0.2, 0.25) is 0 Å². The molecule has 3 N–H and O–H groups in total. The van der Waals surface area contributed by atoms with E-state index >= 15 is 0 Å². The number of halogens is 1. The van der Waals surface area contributed by atoms with Crippen molar-refractivity contribution in [2.24, 2.45) is 0 Å². The summed E-state index contributed by atoms with van der Waals surface area (Å²) in [6.45, 7) is 0.0691. The summed E-state index contributed by atoms with van der Waals surface area (Å²) in [6, 6.07) is 9.87. The van der Waals surface area contributed by atoms with Gasteiger partial charge in [0.15, 0.2) is 0 Å². The van der Waals surface area contributed by atoms with Crippen molar-refractivity contribution in [3.63, 3.8) is 0 Å². The first-order valence-corrected chi connectivity index (χ1v) is 9.46. The Morgan fingerprint density at radius 2 is 1.80 bits per heavy atom. The third-order valence-corrected chi connectivity index (χ3v) is 4.74. The summed E-state index contributed by atoms with van der Waals surface area (Å²) < 4.78 is 23.3. The lowest BCUT2D eigenvalue weighted by atomic mass is 10.2. The van der Waals surface area contributed by atoms with Crippen LogP contribution in [-0.2, 0) is 6.54 Å². The molecule has 1 aromatic heterocycles. The molecule has 9 nitrogen and oxygen atoms in total. The molecular weight excluding hydrogens is 413 g/mol. The second-order valence-electron chi connectivity index (χ2n) is 5.84. The maximum Gasteiger partial charge on any atom is 0.319 e. The van der Waals surface area contributed by atoms with Crippen molar-refractivity contribution in [2.45, 2.75) is 6.54 Å². The minimum Gasteiger partial charge on any atom is -0.497 e. The normalized spacial score (nSPS) is 10.2. The Balaban J connectivity index is 1.55. The summed E-state index contributed by atoms with van der Waals surface area (Å²) in [5.41, 5.74) is 0.869. The number of benzene rings is 2. The van der Waals surface area contributed by atoms with Gasteiger partial charge in [-0.3, -0.25) is 4.79 Å². The molecule has 0 aliphatic heterocycles. The van der Waals surface area contributed by atoms with Gasteiger partial charge in [0, 0.05) is 11.8 Å². The largest absolute Gasteiger partial charge is 0.497 e. The molecule has 0 saturated heterocycles. The fourth-order valence-electron chi connectivity index (χ4n) is 2.37. The third kappa shape index (κ3) is 5.41. The number of urea groups is 1. The van der Waals surface area contributed by atoms with E-state index in [0.29, 0.717) is 27.9 Å². The van der Waals surface area contributed by atoms with E-state index in [2.05, 4.69) is 26.1 Å². The molecule has 156 valence electrons. The number of carbonyl (C=O) groups excluding carboxylic acids is 2. The Labute approximate surface area is 175 Å². The highest BCUT2D eigenvalue weighted by Gasteiger charge is 2.14. The van der Waals surface area contributed by atoms with Crippen LogP contribution in [0.25, 0.3) is 0 Å². The predicted molar refractivity (Wildman–Crippen MR) is 110 cm³/mol. The molecule has 0 aliphatic carbocycles. The van der Waals surface area contributed by atoms with Crippen molar-refractivity contribution in [2.75, 3.05) is 24.9 Å². The number of nitrogens with zero attached hydrogens (tertiary/aromatic N) is 2. The molecule has 3 amide bonds. The van der Waals surface area contributed by atoms with E-state index in [-0.39, 0.29) is 11.6 Å². The molecule has 0 radical (unpaired) electrons. The van der Waals surface area contributed by atoms with Crippen molar-refractivity contribution >= 4 is 34.6 Å². The fraction of sp³-hybridized carbons (Fsp3) is 0.158. The minimum absolute atomic E-state index is 0.0691. The van der Waals surface area contributed by atoms with Gasteiger partial charge in [0.25, 0.3) is 5.91 Å². The molecule has 30 heavy (non-hydrogen) atoms. The van der Waals surface area contributed by atoms with Crippen LogP contribution < -0.4 is 25.4 Å². The number of anilines is 2. The number of hydrogen-bond acceptors (Lipinski definition) is 7. The van der Waals surface area contributed by atoms with Crippen LogP contribution in [0.15, 0.2) is 42.5 Å². The Bertz CT molecular complexity index is 1040. The van der Waals surface area contributed by atoms with Crippen molar-refractivity contribution in [1.82, 2.24) is 15.5 Å². The molecule has 0 saturated carbocycles. The molecule has 1 heterocycles. The lowest BCUT2D eigenvalue weighted by molar-refractivity contribution is 0.102. The van der Waals surface area contributed by atoms with Gasteiger partial charge in [0.05, 0.1) is 26.5 Å². The highest BCUT2D eigenvalue weighted by atomic mass is 32.1. The van der Waals surface area contributed by atoms with Gasteiger partial charge < -0.3 is 25.4 Å². The Hall–Kier alpha value is -3.73. The highest BCUT2D eigenvalue weighted by Crippen LogP contribution is 2.28. The number of carbonyl (C=O) groups is 2. The van der Waals surface area contributed by atoms with Crippen LogP contribution in [0.4, 0.5) is 20.6 Å². The van der Waals surface area contributed by atoms with Gasteiger partial charge in [-0.2, -0.15) is 0 Å². The summed E-state index contributed by atoms with van der Waals surface area (Å²) in [7, 11) is 3.01. The quantitative estimate of drug-likeness (QED) is 0.529. The maximum absolute atomic E-state index is 12.9. The van der Waals surface area contributed by atoms with E-state index in [0.717, 1.165) is 11.3 Å². The van der Waals surface area contributed by atoms with E-state index in [1.165, 1.54) is 38.5 Å². The molecule has 3 aromatic rings. The summed E-state index contributed by atoms with van der Waals surface area (Å²) in [5.74, 6) is 0.159. The molecular formula is C19H18FN5O4S. The van der Waals surface area contributed by atoms with Gasteiger partial charge in [-0.15, -0.1) is 10.2 Å². The first kappa shape index (κ1) is 21.0. The van der Waals surface area contributed by atoms with E-state index in [1.54, 1.807) is 18.2 Å². The smallest absolute Gasteiger partial charge is 0.319 e. The molecule has 0 fully saturated rings. The van der Waals surface area contributed by atoms with E-state index < -0.39 is 17.8 Å². The zero-order valence-corrected chi connectivity index (χ0v) is 16.9. The van der Waals surface area contributed by atoms with Crippen LogP contribution in [-0.4, -0.2) is 36.4 Å². The Morgan fingerprint density at radius 1 is 1.03 bits per heavy atom. The second kappa shape index (κ2) is 9.65. The first-order chi connectivity index (χ1) is 14.5. The summed E-state index contributed by atoms with van der Waals surface area (Å²) in [6.07, 6.45) is 0. The van der Waals surface area contributed by atoms with Gasteiger partial charge in [-0.05, 0) is 36.4 Å². The van der Waals surface area contributed by atoms with Gasteiger partial charge >= 0.3 is 6.03 Å². The predicted octanol–water partition coefficient (Wildman–Crippen LogP) is 3.27. The molecule has 0 unspecified atom stereocenters. The number of aromatic nitrogens is 2. The van der Waals surface area contributed by atoms with Gasteiger partial charge in [-0.1, -0.05) is 11.3 Å². The average molecular weight is 431 g/mol. The van der Waals surface area contributed by atoms with Gasteiger partial charge in [0.1, 0.15) is 22.3 Å². The SMILES string of the molecule is COc1ccc(OC)c(NC(=O)NCc2nnc(C(=O)Nc3ccc(F)cc3)s2)c1. The lowest BCUT2D eigenvalue weighted by Gasteiger charge is -2.12. The third-order valence-electron chi connectivity index (χ3n) is 3.82. The van der Waals surface area contributed by atoms with Crippen LogP contribution >= 0.6 is 11.3 Å². The average Bonchev–Trinajstić information content (AvgIpc) is 3.23. The number of amides is 3. The molecule has 3 rings (SSSR count). The first-order valence-electron chi connectivity index (χ1n) is 8.64. The Morgan fingerprint density at radius 3 is 2.50 bits per heavy atom. The van der Waals surface area contributed by atoms with Crippen LogP contribution in [0.1, 0.15) is 14.8 Å². The molecule has 0 aliphatic rings. The van der Waals surface area contributed by atoms with E-state index in [9.17, 15) is 14.0 Å². The zero-order valence-electron chi connectivity index (χ0n) is 16.1. The lowest BCUT2D eigenvalue weighted by Crippen LogP contribution is -2.28. The second-order valence-corrected chi connectivity index (χ2v) is 6.90. The van der Waals surface area contributed by atoms with Crippen molar-refractivity contribution in [3.8, 4) is 11.5 Å². The summed E-state index contributed by atoms with van der Waals surface area (Å²) in [5, 5.41) is 16.2. The minimum atomic E-state index is -0.492. The van der Waals surface area contributed by atoms with Gasteiger partial charge in [-0.25, -0.2) is 9.18 Å². The van der Waals surface area contributed by atoms with Crippen molar-refractivity contribution in [3.05, 3.63) is 58.3 Å². The number of nitrogens with one attached hydrogen (secondary N) is 3. The molecule has 0 bridgehead atoms. The van der Waals surface area contributed by atoms with Gasteiger partial charge in [0.2, 0.25) is 5.01 Å². The number of rotatable bonds is 7. The molecule has 0 atom stereocenters. The van der Waals surface area contributed by atoms with Crippen LogP contribution in [0.3, 0.4) is 0 Å². The summed E-state index contributed by atoms with van der Waals surface area (Å²) in [4.78, 5) is 24.4. The van der Waals surface area contributed by atoms with Crippen LogP contribution in [0, 0.1) is 5.82 Å².